The van der Waals surface area contributed by atoms with E-state index in [4.69, 9.17) is 32.8 Å². The molecule has 0 aliphatic carbocycles. The molecule has 0 spiro atoms. The fourth-order valence-electron chi connectivity index (χ4n) is 6.79. The van der Waals surface area contributed by atoms with Crippen LogP contribution in [0.1, 0.15) is 48.6 Å². The average Bonchev–Trinajstić information content (AvgIpc) is 3.32. The van der Waals surface area contributed by atoms with Gasteiger partial charge in [0.15, 0.2) is 8.32 Å². The number of rotatable bonds is 29. The normalized spacial score (nSPS) is 16.0. The van der Waals surface area contributed by atoms with Crippen LogP contribution in [0, 0.1) is 0 Å². The third-order valence-corrected chi connectivity index (χ3v) is 16.3. The Bertz CT molecular complexity index is 1990. The van der Waals surface area contributed by atoms with E-state index < -0.39 is 63.8 Å². The predicted octanol–water partition coefficient (Wildman–Crippen LogP) is 8.03. The maximum Gasteiger partial charge on any atom is 0.192 e. The highest BCUT2D eigenvalue weighted by molar-refractivity contribution is 6.74. The van der Waals surface area contributed by atoms with E-state index in [1.807, 2.05) is 152 Å². The second-order valence-electron chi connectivity index (χ2n) is 17.9. The topological polar surface area (TPSA) is 146 Å². The second kappa shape index (κ2) is 26.9. The van der Waals surface area contributed by atoms with Crippen LogP contribution in [0.3, 0.4) is 0 Å². The minimum absolute atomic E-state index is 0.0869. The fourth-order valence-corrected chi connectivity index (χ4v) is 7.81. The van der Waals surface area contributed by atoms with E-state index in [9.17, 15) is 20.4 Å². The number of hydrogen-bond donors (Lipinski definition) is 4. The molecule has 65 heavy (non-hydrogen) atoms. The smallest absolute Gasteiger partial charge is 0.192 e. The molecule has 0 bridgehead atoms. The molecule has 5 rings (SSSR count). The van der Waals surface area contributed by atoms with Crippen LogP contribution < -0.4 is 0 Å². The van der Waals surface area contributed by atoms with Gasteiger partial charge >= 0.3 is 0 Å². The van der Waals surface area contributed by atoms with Gasteiger partial charge < -0.3 is 53.3 Å². The maximum atomic E-state index is 12.3. The van der Waals surface area contributed by atoms with Crippen molar-refractivity contribution in [3.05, 3.63) is 179 Å². The van der Waals surface area contributed by atoms with E-state index in [-0.39, 0.29) is 57.9 Å². The van der Waals surface area contributed by atoms with Gasteiger partial charge in [0.2, 0.25) is 0 Å². The first kappa shape index (κ1) is 51.9. The highest BCUT2D eigenvalue weighted by Crippen LogP contribution is 2.37. The van der Waals surface area contributed by atoms with Crippen molar-refractivity contribution < 1.29 is 53.3 Å². The van der Waals surface area contributed by atoms with Crippen LogP contribution in [0.4, 0.5) is 0 Å². The molecule has 5 aromatic carbocycles. The van der Waals surface area contributed by atoms with E-state index >= 15 is 0 Å². The molecule has 8 atom stereocenters. The van der Waals surface area contributed by atoms with Crippen molar-refractivity contribution >= 4 is 8.32 Å². The minimum Gasteiger partial charge on any atom is -0.414 e. The average molecular weight is 911 g/mol. The number of hydrogen-bond acceptors (Lipinski definition) is 11. The zero-order valence-corrected chi connectivity index (χ0v) is 39.6. The third-order valence-electron chi connectivity index (χ3n) is 11.8. The molecule has 0 radical (unpaired) electrons. The summed E-state index contributed by atoms with van der Waals surface area (Å²) < 4.78 is 45.4. The molecule has 4 N–H and O–H groups in total. The summed E-state index contributed by atoms with van der Waals surface area (Å²) in [5.74, 6) is 0. The summed E-state index contributed by atoms with van der Waals surface area (Å²) in [4.78, 5) is 0. The molecule has 11 nitrogen and oxygen atoms in total. The van der Waals surface area contributed by atoms with Crippen LogP contribution in [0.15, 0.2) is 152 Å². The van der Waals surface area contributed by atoms with Crippen molar-refractivity contribution in [1.82, 2.24) is 0 Å². The number of aliphatic hydroxyl groups excluding tert-OH is 4. The molecule has 0 saturated carbocycles. The van der Waals surface area contributed by atoms with Gasteiger partial charge in [-0.25, -0.2) is 0 Å². The number of benzene rings is 5. The molecule has 0 unspecified atom stereocenters. The van der Waals surface area contributed by atoms with Crippen molar-refractivity contribution in [3.8, 4) is 0 Å². The van der Waals surface area contributed by atoms with E-state index in [2.05, 4.69) is 33.9 Å². The number of aliphatic hydroxyl groups is 4. The maximum absolute atomic E-state index is 12.3. The standard InChI is InChI=1S/C53H70O11Si/c1-53(2,3)65(4,5)64-39-48(61-34-42-25-15-8-16-26-42)52(63-36-44-29-19-10-20-30-44)51(62-35-43-27-17-9-18-28-43)45(55)37-58-38-47(60-33-41-23-13-7-14-24-41)50(57)49(56)46(31-54)59-32-40-21-11-6-12-22-40/h6-30,45-52,54-57H,31-39H2,1-5H3/t45-,46-,47-,48-,49-,50-,51-,52-/m1/s1. The van der Waals surface area contributed by atoms with Gasteiger partial charge in [0.05, 0.1) is 59.5 Å². The van der Waals surface area contributed by atoms with Crippen LogP contribution >= 0.6 is 0 Å². The molecule has 0 saturated heterocycles. The van der Waals surface area contributed by atoms with Crippen LogP contribution in [0.2, 0.25) is 18.1 Å². The van der Waals surface area contributed by atoms with Crippen molar-refractivity contribution in [2.24, 2.45) is 0 Å². The Morgan fingerprint density at radius 3 is 1.15 bits per heavy atom. The molecule has 352 valence electrons. The second-order valence-corrected chi connectivity index (χ2v) is 22.7. The van der Waals surface area contributed by atoms with Gasteiger partial charge in [-0.15, -0.1) is 0 Å². The first-order valence-corrected chi connectivity index (χ1v) is 25.4. The first-order chi connectivity index (χ1) is 31.3. The first-order valence-electron chi connectivity index (χ1n) is 22.5. The van der Waals surface area contributed by atoms with Crippen LogP contribution in [-0.2, 0) is 65.9 Å². The molecule has 5 aromatic rings. The Morgan fingerprint density at radius 1 is 0.431 bits per heavy atom. The summed E-state index contributed by atoms with van der Waals surface area (Å²) in [6.07, 6.45) is -9.17. The summed E-state index contributed by atoms with van der Waals surface area (Å²) >= 11 is 0. The fraction of sp³-hybridized carbons (Fsp3) is 0.434. The van der Waals surface area contributed by atoms with Crippen LogP contribution in [0.5, 0.6) is 0 Å². The van der Waals surface area contributed by atoms with Gasteiger partial charge in [-0.2, -0.15) is 0 Å². The summed E-state index contributed by atoms with van der Waals surface area (Å²) in [6, 6.07) is 48.2. The number of ether oxygens (including phenoxy) is 6. The molecule has 12 heteroatoms. The quantitative estimate of drug-likeness (QED) is 0.0346. The molecule has 0 fully saturated rings. The summed E-state index contributed by atoms with van der Waals surface area (Å²) in [5, 5.41) is 45.5. The highest BCUT2D eigenvalue weighted by atomic mass is 28.4. The van der Waals surface area contributed by atoms with Crippen LogP contribution in [-0.4, -0.2) is 104 Å². The largest absolute Gasteiger partial charge is 0.414 e. The van der Waals surface area contributed by atoms with Crippen molar-refractivity contribution in [2.75, 3.05) is 26.4 Å². The van der Waals surface area contributed by atoms with E-state index in [0.29, 0.717) is 0 Å². The van der Waals surface area contributed by atoms with Gasteiger partial charge in [0, 0.05) is 0 Å². The summed E-state index contributed by atoms with van der Waals surface area (Å²) in [7, 11) is -2.31. The lowest BCUT2D eigenvalue weighted by molar-refractivity contribution is -0.197. The monoisotopic (exact) mass is 910 g/mol. The lowest BCUT2D eigenvalue weighted by Gasteiger charge is -2.40. The Hall–Kier alpha value is -4.12. The molecule has 0 heterocycles. The SMILES string of the molecule is CC(C)(C)[Si](C)(C)OC[C@@H](OCc1ccccc1)[C@@H](OCc1ccccc1)[C@H](OCc1ccccc1)[C@H](O)COC[C@@H](OCc1ccccc1)[C@@H](O)[C@H](O)[C@@H](CO)OCc1ccccc1. The van der Waals surface area contributed by atoms with Gasteiger partial charge in [-0.3, -0.25) is 0 Å². The Balaban J connectivity index is 1.41. The Morgan fingerprint density at radius 2 is 0.769 bits per heavy atom. The van der Waals surface area contributed by atoms with Gasteiger partial charge in [0.25, 0.3) is 0 Å². The van der Waals surface area contributed by atoms with Gasteiger partial charge in [0.1, 0.15) is 48.8 Å². The molecular formula is C53H70O11Si. The van der Waals surface area contributed by atoms with E-state index in [1.54, 1.807) is 0 Å². The van der Waals surface area contributed by atoms with Crippen molar-refractivity contribution in [1.29, 1.82) is 0 Å². The highest BCUT2D eigenvalue weighted by Gasteiger charge is 2.42. The van der Waals surface area contributed by atoms with Gasteiger partial charge in [-0.1, -0.05) is 172 Å². The zero-order chi connectivity index (χ0) is 46.5. The predicted molar refractivity (Wildman–Crippen MR) is 254 cm³/mol. The van der Waals surface area contributed by atoms with Crippen molar-refractivity contribution in [3.63, 3.8) is 0 Å². The van der Waals surface area contributed by atoms with E-state index in [1.165, 1.54) is 0 Å². The Kier molecular flexibility index (Phi) is 21.4. The molecule has 0 amide bonds. The summed E-state index contributed by atoms with van der Waals surface area (Å²) in [6.45, 7) is 10.9. The molecule has 0 aliphatic rings. The van der Waals surface area contributed by atoms with Crippen LogP contribution in [0.25, 0.3) is 0 Å². The molecule has 0 aromatic heterocycles. The molecule has 0 aliphatic heterocycles. The zero-order valence-electron chi connectivity index (χ0n) is 38.6. The minimum atomic E-state index is -2.31. The Labute approximate surface area is 387 Å². The molecular weight excluding hydrogens is 841 g/mol. The third kappa shape index (κ3) is 17.2. The van der Waals surface area contributed by atoms with Crippen molar-refractivity contribution in [2.45, 2.75) is 121 Å². The lowest BCUT2D eigenvalue weighted by Crippen LogP contribution is -2.53. The van der Waals surface area contributed by atoms with Gasteiger partial charge in [-0.05, 0) is 45.9 Å². The lowest BCUT2D eigenvalue weighted by atomic mass is 10.0. The summed E-state index contributed by atoms with van der Waals surface area (Å²) in [5.41, 5.74) is 4.47. The van der Waals surface area contributed by atoms with E-state index in [0.717, 1.165) is 27.8 Å².